The molecule has 0 bridgehead atoms. The third kappa shape index (κ3) is 20.0. The number of carbonyl (C=O) groups excluding carboxylic acids is 4. The monoisotopic (exact) mass is 1530 g/mol. The van der Waals surface area contributed by atoms with Crippen molar-refractivity contribution in [2.24, 2.45) is 0 Å². The molecule has 4 aromatic carbocycles. The number of para-hydroxylation sites is 2. The first kappa shape index (κ1) is 75.6. The Kier molecular flexibility index (Phi) is 24.0. The number of allylic oxidation sites excluding steroid dienone is 3. The minimum atomic E-state index is -3.20. The summed E-state index contributed by atoms with van der Waals surface area (Å²) in [6.45, 7) is 17.0. The number of fused-ring (bicyclic) bond motifs is 2. The molecule has 7 aromatic rings. The number of nitrogen functional groups attached to an aromatic ring is 1. The highest BCUT2D eigenvalue weighted by molar-refractivity contribution is 14.0. The van der Waals surface area contributed by atoms with Crippen molar-refractivity contribution in [1.29, 1.82) is 5.26 Å². The van der Waals surface area contributed by atoms with E-state index in [9.17, 15) is 58.8 Å². The molecule has 9 rings (SSSR count). The molecule has 3 aromatic heterocycles. The predicted octanol–water partition coefficient (Wildman–Crippen LogP) is 19.1. The van der Waals surface area contributed by atoms with Crippen molar-refractivity contribution in [1.82, 2.24) is 30.1 Å². The lowest BCUT2D eigenvalue weighted by atomic mass is 10.0. The molecule has 2 amide bonds. The number of aromatic nitrogens is 4. The summed E-state index contributed by atoms with van der Waals surface area (Å²) in [5.41, 5.74) is 16.7. The van der Waals surface area contributed by atoms with Gasteiger partial charge in [-0.05, 0) is 161 Å². The summed E-state index contributed by atoms with van der Waals surface area (Å²) in [5, 5.41) is 14.3. The highest BCUT2D eigenvalue weighted by Gasteiger charge is 2.31. The summed E-state index contributed by atoms with van der Waals surface area (Å²) in [4.78, 5) is 60.7. The molecule has 28 heteroatoms. The first-order valence-corrected chi connectivity index (χ1v) is 33.2. The van der Waals surface area contributed by atoms with Crippen molar-refractivity contribution < 1.29 is 108 Å². The maximum atomic E-state index is 13.9. The number of rotatable bonds is 15. The minimum Gasteiger partial charge on any atom is -1.00 e. The molecule has 0 unspecified atom stereocenters. The number of halogens is 5. The molecule has 21 nitrogen and oxygen atoms in total. The van der Waals surface area contributed by atoms with Crippen LogP contribution in [0.4, 0.5) is 38.7 Å². The lowest BCUT2D eigenvalue weighted by Gasteiger charge is -2.29. The lowest BCUT2D eigenvalue weighted by molar-refractivity contribution is -0.112. The van der Waals surface area contributed by atoms with Crippen molar-refractivity contribution in [3.05, 3.63) is 199 Å². The number of sulfone groups is 2. The van der Waals surface area contributed by atoms with Gasteiger partial charge >= 0.3 is 12.2 Å². The number of nitrogens with one attached hydrogen (secondary N) is 1. The van der Waals surface area contributed by atoms with Crippen LogP contribution in [-0.4, -0.2) is 103 Å². The maximum absolute atomic E-state index is 13.9. The Balaban J connectivity index is -0.0000000647. The number of hydrazine groups is 1. The molecule has 0 saturated carbocycles. The van der Waals surface area contributed by atoms with E-state index >= 15 is 0 Å². The van der Waals surface area contributed by atoms with Gasteiger partial charge in [-0.25, -0.2) is 64.1 Å². The molecule has 3 N–H and O–H groups in total. The second-order valence-electron chi connectivity index (χ2n) is 24.8. The van der Waals surface area contributed by atoms with E-state index in [2.05, 4.69) is 20.5 Å². The number of aryl methyl sites for hydroxylation is 4. The van der Waals surface area contributed by atoms with E-state index in [1.807, 2.05) is 44.2 Å². The molecule has 2 aliphatic rings. The molecule has 0 fully saturated rings. The third-order valence-corrected chi connectivity index (χ3v) is 15.5. The van der Waals surface area contributed by atoms with Gasteiger partial charge in [0.1, 0.15) is 28.7 Å². The number of nitrogens with two attached hydrogens (primary N) is 1. The molecule has 3 heterocycles. The zero-order valence-corrected chi connectivity index (χ0v) is 59.0. The van der Waals surface area contributed by atoms with E-state index in [1.54, 1.807) is 86.5 Å². The van der Waals surface area contributed by atoms with Crippen LogP contribution in [0, 0.1) is 62.3 Å². The Labute approximate surface area is 608 Å². The Hall–Kier alpha value is -9.47. The van der Waals surface area contributed by atoms with Gasteiger partial charge in [-0.1, -0.05) is 36.4 Å². The molecule has 0 aliphatic heterocycles. The fraction of sp³-hybridized carbons (Fsp3) is 0.294. The van der Waals surface area contributed by atoms with E-state index in [1.165, 1.54) is 66.2 Å². The summed E-state index contributed by atoms with van der Waals surface area (Å²) in [5.74, 6) is -5.38. The standard InChI is InChI=1S/C28H24F2N4O4S.C22H27F2N3O5.C18H20N2O3S.HI.23H2.2H/c1-15-7-17-9-19(10-18(17)11-20(15)14-39(3,36)37)26(35)21-12-33-34(28(21)31)24-13-32-25(8-16(24)2)38-27-22(29)5-4-6-23(27)30;1-13-11-17(30-18-14(23)9-8-10-15(18)24)25-12-16(13)27(20(29)32-22(5,6)7)26-19(28)31-21(2,3)4;1-12-5-13-6-15(18(21)17(9-19)10-20(2)3)7-14(13)8-16(12)11-24(4,22)23;;;;;;;;;;;;;;;;;;;;;;;;;;/h4-9,11-13H,10,14,31H2,1-3H3;8-12H,1-7H3,(H,26,28);5-6,8,10H,7,11H2,1-4H3;24*1H;;/q;;;;;;;;;;;;;;;;;;;;;;;;;;;2*-1/b;;17-10+;;;;;;;;;;;;;;;;;;;;;;;;;;/i;;;;;;;;;;;;;;;;;;;;;;;;;;;2*1+2. The number of pyridine rings is 2. The van der Waals surface area contributed by atoms with Crippen molar-refractivity contribution in [2.45, 2.75) is 105 Å². The van der Waals surface area contributed by atoms with E-state index < -0.39 is 77.8 Å². The number of ether oxygens (including phenoxy) is 4. The van der Waals surface area contributed by atoms with Gasteiger partial charge in [-0.15, -0.1) is 24.0 Å². The largest absolute Gasteiger partial charge is 1.00 e. The van der Waals surface area contributed by atoms with Gasteiger partial charge in [-0.3, -0.25) is 9.59 Å². The number of Topliss-reactive ketones (excluding diaryl/α,β-unsaturated/α-hetero) is 2. The van der Waals surface area contributed by atoms with Crippen LogP contribution < -0.4 is 25.6 Å². The normalized spacial score (nSPS) is 12.5. The van der Waals surface area contributed by atoms with Crippen LogP contribution in [0.2, 0.25) is 0 Å². The van der Waals surface area contributed by atoms with Crippen LogP contribution >= 0.6 is 24.0 Å². The van der Waals surface area contributed by atoms with Crippen molar-refractivity contribution in [3.8, 4) is 35.0 Å². The minimum absolute atomic E-state index is 0. The fourth-order valence-electron chi connectivity index (χ4n) is 9.64. The van der Waals surface area contributed by atoms with Crippen LogP contribution in [-0.2, 0) is 58.3 Å². The smallest absolute Gasteiger partial charge is 0.434 e. The first-order valence-electron chi connectivity index (χ1n) is 29.1. The van der Waals surface area contributed by atoms with E-state index in [0.29, 0.717) is 46.4 Å². The highest BCUT2D eigenvalue weighted by atomic mass is 127. The van der Waals surface area contributed by atoms with Crippen LogP contribution in [0.1, 0.15) is 143 Å². The van der Waals surface area contributed by atoms with E-state index in [0.717, 1.165) is 68.2 Å². The zero-order valence-electron chi connectivity index (χ0n) is 57.1. The van der Waals surface area contributed by atoms with Crippen LogP contribution in [0.25, 0.3) is 17.8 Å². The summed E-state index contributed by atoms with van der Waals surface area (Å²) in [6.07, 6.45) is 10.4. The lowest BCUT2D eigenvalue weighted by Crippen LogP contribution is -2.50. The summed E-state index contributed by atoms with van der Waals surface area (Å²) in [6, 6.07) is 19.0. The van der Waals surface area contributed by atoms with Crippen molar-refractivity contribution in [2.75, 3.05) is 37.3 Å². The van der Waals surface area contributed by atoms with Gasteiger partial charge in [0.25, 0.3) is 0 Å². The molecule has 0 atom stereocenters. The number of amides is 2. The summed E-state index contributed by atoms with van der Waals surface area (Å²) >= 11 is 0. The average Bonchev–Trinajstić information content (AvgIpc) is 1.64. The number of hydrogen-bond acceptors (Lipinski definition) is 18. The quantitative estimate of drug-likeness (QED) is 0.0241. The second-order valence-corrected chi connectivity index (χ2v) is 29.1. The Morgan fingerprint density at radius 3 is 1.59 bits per heavy atom. The summed E-state index contributed by atoms with van der Waals surface area (Å²) in [7, 11) is -2.82. The van der Waals surface area contributed by atoms with Gasteiger partial charge in [0, 0.05) is 102 Å². The summed E-state index contributed by atoms with van der Waals surface area (Å²) < 4.78 is 125. The number of carbonyl (C=O) groups is 4. The Morgan fingerprint density at radius 2 is 1.16 bits per heavy atom. The van der Waals surface area contributed by atoms with Crippen LogP contribution in [0.3, 0.4) is 0 Å². The molecule has 0 radical (unpaired) electrons. The van der Waals surface area contributed by atoms with Gasteiger partial charge < -0.3 is 32.4 Å². The van der Waals surface area contributed by atoms with E-state index in [4.69, 9.17) is 24.7 Å². The number of hydrogen-bond donors (Lipinski definition) is 2. The van der Waals surface area contributed by atoms with Gasteiger partial charge in [0.05, 0.1) is 47.0 Å². The van der Waals surface area contributed by atoms with Crippen LogP contribution in [0.15, 0.2) is 114 Å². The molecule has 96 heavy (non-hydrogen) atoms. The molecular formula is C68H120F4IN9O12S2-2. The number of benzene rings is 4. The zero-order chi connectivity index (χ0) is 70.4. The van der Waals surface area contributed by atoms with Gasteiger partial charge in [0.2, 0.25) is 29.0 Å². The predicted molar refractivity (Wildman–Crippen MR) is 416 cm³/mol. The Bertz CT molecular complexity index is 4640. The Morgan fingerprint density at radius 1 is 0.698 bits per heavy atom. The molecule has 0 saturated heterocycles. The molecular weight excluding hydrogens is 1400 g/mol. The highest BCUT2D eigenvalue weighted by Crippen LogP contribution is 2.36. The van der Waals surface area contributed by atoms with Crippen LogP contribution in [0.5, 0.6) is 23.3 Å². The fourth-order valence-corrected chi connectivity index (χ4v) is 11.4. The topological polar surface area (TPSA) is 285 Å². The van der Waals surface area contributed by atoms with Gasteiger partial charge in [-0.2, -0.15) is 15.4 Å². The number of anilines is 2. The SMILES string of the molecule is Cc1cc(Oc2c(F)cccc2F)ncc1N(NC(=O)OC(C)(C)C)C(=O)OC(C)(C)C.Cc1cc2c(cc1CS(C)(=O)=O)CC(C(=O)/C(C#N)=C/N(C)C)=C2.Cc1cc2c(cc1CS(C)(=O)=O)CC(C(=O)c1cnn(-c3cnc(Oc4c(F)cccc4F)cc3C)c1N)=C2.I.[3H-].[3H-].[HH].[HH].[HH].[HH].[HH].[HH].[HH].[HH].[HH].[HH].[HH].[HH].[HH].[HH].[HH].[HH].[HH].[HH].[HH].[HH].[HH].[HH].[HH]. The maximum Gasteiger partial charge on any atom is 0.434 e. The number of ketones is 2. The second kappa shape index (κ2) is 30.5. The number of nitriles is 1. The average molecular weight is 1530 g/mol. The molecule has 2 aliphatic carbocycles. The molecule has 558 valence electrons. The van der Waals surface area contributed by atoms with Crippen molar-refractivity contribution >= 4 is 91.1 Å². The number of nitrogens with zero attached hydrogens (tertiary/aromatic N) is 7. The molecule has 0 spiro atoms. The van der Waals surface area contributed by atoms with E-state index in [-0.39, 0.29) is 117 Å². The first-order chi connectivity index (χ1) is 44.2. The third-order valence-electron chi connectivity index (χ3n) is 13.9. The van der Waals surface area contributed by atoms with Crippen molar-refractivity contribution in [3.63, 3.8) is 0 Å². The van der Waals surface area contributed by atoms with Gasteiger partial charge in [0.15, 0.2) is 48.7 Å².